The van der Waals surface area contributed by atoms with E-state index in [1.165, 1.54) is 0 Å². The Balaban J connectivity index is 1.95. The van der Waals surface area contributed by atoms with Crippen molar-refractivity contribution in [3.8, 4) is 23.3 Å². The molecule has 4 nitrogen and oxygen atoms in total. The maximum Gasteiger partial charge on any atom is 0.329 e. The molecule has 0 radical (unpaired) electrons. The molecule has 0 saturated heterocycles. The summed E-state index contributed by atoms with van der Waals surface area (Å²) in [5.41, 5.74) is 2.45. The van der Waals surface area contributed by atoms with Gasteiger partial charge in [0.25, 0.3) is 0 Å². The molecule has 1 heterocycles. The van der Waals surface area contributed by atoms with E-state index >= 15 is 0 Å². The Morgan fingerprint density at radius 1 is 0.974 bits per heavy atom. The van der Waals surface area contributed by atoms with Crippen LogP contribution in [0.2, 0.25) is 0 Å². The average molecular weight is 511 g/mol. The van der Waals surface area contributed by atoms with Crippen molar-refractivity contribution in [2.24, 2.45) is 5.41 Å². The third kappa shape index (κ3) is 5.16. The Morgan fingerprint density at radius 3 is 2.13 bits per heavy atom. The first-order valence-corrected chi connectivity index (χ1v) is 13.1. The highest BCUT2D eigenvalue weighted by Gasteiger charge is 2.52. The smallest absolute Gasteiger partial charge is 0.329 e. The zero-order valence-corrected chi connectivity index (χ0v) is 23.5. The lowest BCUT2D eigenvalue weighted by Crippen LogP contribution is -2.46. The SMILES string of the molecule is CC#CC1(C(=O)OCc2ccccc2)COc2ccccc2C1c1cc(C(C)(C)C)c(O)c(C(C)(C)C)c1. The maximum atomic E-state index is 14.1. The number of fused-ring (bicyclic) bond motifs is 1. The summed E-state index contributed by atoms with van der Waals surface area (Å²) in [5.74, 6) is 6.41. The summed E-state index contributed by atoms with van der Waals surface area (Å²) in [6, 6.07) is 21.5. The predicted molar refractivity (Wildman–Crippen MR) is 151 cm³/mol. The first-order valence-electron chi connectivity index (χ1n) is 13.1. The number of ether oxygens (including phenoxy) is 2. The van der Waals surface area contributed by atoms with Gasteiger partial charge < -0.3 is 14.6 Å². The van der Waals surface area contributed by atoms with E-state index in [4.69, 9.17) is 9.47 Å². The number of rotatable bonds is 4. The van der Waals surface area contributed by atoms with Gasteiger partial charge in [0.2, 0.25) is 0 Å². The molecule has 0 amide bonds. The van der Waals surface area contributed by atoms with Gasteiger partial charge in [0.05, 0.1) is 0 Å². The monoisotopic (exact) mass is 510 g/mol. The summed E-state index contributed by atoms with van der Waals surface area (Å²) in [6.45, 7) is 14.5. The molecule has 0 aromatic heterocycles. The Kier molecular flexibility index (Phi) is 7.35. The second-order valence-corrected chi connectivity index (χ2v) is 12.1. The highest BCUT2D eigenvalue weighted by atomic mass is 16.5. The van der Waals surface area contributed by atoms with Gasteiger partial charge in [-0.1, -0.05) is 108 Å². The molecule has 0 bridgehead atoms. The molecule has 38 heavy (non-hydrogen) atoms. The van der Waals surface area contributed by atoms with Crippen molar-refractivity contribution >= 4 is 5.97 Å². The maximum absolute atomic E-state index is 14.1. The lowest BCUT2D eigenvalue weighted by Gasteiger charge is -2.40. The number of phenolic OH excluding ortho intramolecular Hbond substituents is 1. The van der Waals surface area contributed by atoms with E-state index in [0.717, 1.165) is 33.6 Å². The number of phenols is 1. The molecule has 0 aliphatic carbocycles. The lowest BCUT2D eigenvalue weighted by molar-refractivity contribution is -0.157. The molecule has 1 N–H and O–H groups in total. The van der Waals surface area contributed by atoms with Gasteiger partial charge in [0.15, 0.2) is 5.41 Å². The molecule has 3 aromatic carbocycles. The fourth-order valence-electron chi connectivity index (χ4n) is 5.23. The Bertz CT molecular complexity index is 1340. The molecule has 4 rings (SSSR count). The van der Waals surface area contributed by atoms with Gasteiger partial charge in [-0.05, 0) is 46.1 Å². The van der Waals surface area contributed by atoms with Crippen LogP contribution in [0.4, 0.5) is 0 Å². The lowest BCUT2D eigenvalue weighted by atomic mass is 9.66. The van der Waals surface area contributed by atoms with Crippen molar-refractivity contribution in [2.75, 3.05) is 6.61 Å². The van der Waals surface area contributed by atoms with Gasteiger partial charge >= 0.3 is 5.97 Å². The van der Waals surface area contributed by atoms with E-state index < -0.39 is 17.3 Å². The van der Waals surface area contributed by atoms with Crippen LogP contribution in [0.1, 0.15) is 82.2 Å². The molecule has 0 fully saturated rings. The fraction of sp³-hybridized carbons (Fsp3) is 0.382. The number of benzene rings is 3. The zero-order valence-electron chi connectivity index (χ0n) is 23.5. The molecular weight excluding hydrogens is 472 g/mol. The second-order valence-electron chi connectivity index (χ2n) is 12.1. The standard InChI is InChI=1S/C34H38O4/c1-8-18-34(31(36)37-21-23-14-10-9-11-15-23)22-38-28-17-13-12-16-25(28)29(34)24-19-26(32(2,3)4)30(35)27(20-24)33(5,6)7/h9-17,19-20,29,35H,21-22H2,1-7H3. The van der Waals surface area contributed by atoms with E-state index in [-0.39, 0.29) is 24.0 Å². The largest absolute Gasteiger partial charge is 0.507 e. The zero-order chi connectivity index (χ0) is 27.7. The first-order chi connectivity index (χ1) is 17.9. The van der Waals surface area contributed by atoms with Crippen molar-refractivity contribution in [3.63, 3.8) is 0 Å². The number of carbonyl (C=O) groups is 1. The van der Waals surface area contributed by atoms with Crippen LogP contribution >= 0.6 is 0 Å². The van der Waals surface area contributed by atoms with Gasteiger partial charge in [-0.15, -0.1) is 5.92 Å². The normalized spacial score (nSPS) is 19.0. The van der Waals surface area contributed by atoms with Crippen LogP contribution < -0.4 is 4.74 Å². The molecule has 4 heteroatoms. The van der Waals surface area contributed by atoms with Crippen molar-refractivity contribution in [3.05, 3.63) is 94.5 Å². The number of carbonyl (C=O) groups excluding carboxylic acids is 1. The molecule has 2 atom stereocenters. The molecular formula is C34H38O4. The average Bonchev–Trinajstić information content (AvgIpc) is 2.87. The van der Waals surface area contributed by atoms with E-state index in [2.05, 4.69) is 53.4 Å². The topological polar surface area (TPSA) is 55.8 Å². The van der Waals surface area contributed by atoms with Crippen molar-refractivity contribution in [2.45, 2.75) is 71.8 Å². The minimum atomic E-state index is -1.26. The number of esters is 1. The highest BCUT2D eigenvalue weighted by molar-refractivity contribution is 5.84. The van der Waals surface area contributed by atoms with Gasteiger partial charge in [0, 0.05) is 11.5 Å². The Hall–Kier alpha value is -3.71. The minimum Gasteiger partial charge on any atom is -0.507 e. The molecule has 0 saturated carbocycles. The van der Waals surface area contributed by atoms with Gasteiger partial charge in [-0.25, -0.2) is 0 Å². The highest BCUT2D eigenvalue weighted by Crippen LogP contribution is 2.51. The summed E-state index contributed by atoms with van der Waals surface area (Å²) in [4.78, 5) is 14.1. The van der Waals surface area contributed by atoms with E-state index in [1.54, 1.807) is 6.92 Å². The third-order valence-electron chi connectivity index (χ3n) is 7.18. The summed E-state index contributed by atoms with van der Waals surface area (Å²) >= 11 is 0. The summed E-state index contributed by atoms with van der Waals surface area (Å²) in [7, 11) is 0. The molecule has 0 spiro atoms. The van der Waals surface area contributed by atoms with Crippen LogP contribution in [0.15, 0.2) is 66.7 Å². The van der Waals surface area contributed by atoms with Crippen LogP contribution in [0.25, 0.3) is 0 Å². The van der Waals surface area contributed by atoms with Crippen molar-refractivity contribution in [1.29, 1.82) is 0 Å². The third-order valence-corrected chi connectivity index (χ3v) is 7.18. The van der Waals surface area contributed by atoms with Crippen LogP contribution in [0.3, 0.4) is 0 Å². The van der Waals surface area contributed by atoms with Crippen molar-refractivity contribution in [1.82, 2.24) is 0 Å². The van der Waals surface area contributed by atoms with Gasteiger partial charge in [-0.2, -0.15) is 0 Å². The van der Waals surface area contributed by atoms with Gasteiger partial charge in [0.1, 0.15) is 24.7 Å². The van der Waals surface area contributed by atoms with Crippen LogP contribution in [0.5, 0.6) is 11.5 Å². The van der Waals surface area contributed by atoms with Crippen LogP contribution in [-0.4, -0.2) is 17.7 Å². The van der Waals surface area contributed by atoms with Gasteiger partial charge in [-0.3, -0.25) is 4.79 Å². The summed E-state index contributed by atoms with van der Waals surface area (Å²) in [6.07, 6.45) is 0. The fourth-order valence-corrected chi connectivity index (χ4v) is 5.23. The van der Waals surface area contributed by atoms with E-state index in [9.17, 15) is 9.90 Å². The minimum absolute atomic E-state index is 0.0692. The summed E-state index contributed by atoms with van der Waals surface area (Å²) < 4.78 is 12.1. The molecule has 2 unspecified atom stereocenters. The van der Waals surface area contributed by atoms with Crippen molar-refractivity contribution < 1.29 is 19.4 Å². The number of aromatic hydroxyl groups is 1. The number of para-hydroxylation sites is 1. The van der Waals surface area contributed by atoms with E-state index in [0.29, 0.717) is 5.75 Å². The first kappa shape index (κ1) is 27.3. The van der Waals surface area contributed by atoms with Crippen LogP contribution in [0, 0.1) is 17.3 Å². The molecule has 3 aromatic rings. The predicted octanol–water partition coefficient (Wildman–Crippen LogP) is 7.26. The number of hydrogen-bond acceptors (Lipinski definition) is 4. The molecule has 1 aliphatic rings. The van der Waals surface area contributed by atoms with E-state index in [1.807, 2.05) is 66.7 Å². The molecule has 198 valence electrons. The quantitative estimate of drug-likeness (QED) is 0.296. The molecule has 1 aliphatic heterocycles. The summed E-state index contributed by atoms with van der Waals surface area (Å²) in [5, 5.41) is 11.4. The second kappa shape index (κ2) is 10.2. The number of hydrogen-bond donors (Lipinski definition) is 1. The Labute approximate surface area is 227 Å². The van der Waals surface area contributed by atoms with Crippen LogP contribution in [-0.2, 0) is 27.0 Å². The Morgan fingerprint density at radius 2 is 1.55 bits per heavy atom.